The lowest BCUT2D eigenvalue weighted by Crippen LogP contribution is -2.49. The van der Waals surface area contributed by atoms with Crippen LogP contribution < -0.4 is 5.73 Å². The van der Waals surface area contributed by atoms with Gasteiger partial charge in [0, 0.05) is 5.75 Å². The van der Waals surface area contributed by atoms with Gasteiger partial charge >= 0.3 is 5.97 Å². The summed E-state index contributed by atoms with van der Waals surface area (Å²) in [4.78, 5) is 10.4. The van der Waals surface area contributed by atoms with Crippen molar-refractivity contribution in [2.45, 2.75) is 12.0 Å². The summed E-state index contributed by atoms with van der Waals surface area (Å²) >= 11 is 3.82. The smallest absolute Gasteiger partial charge is 0.324 e. The van der Waals surface area contributed by atoms with Crippen molar-refractivity contribution in [2.24, 2.45) is 5.73 Å². The highest BCUT2D eigenvalue weighted by Gasteiger charge is 2.30. The third-order valence-corrected chi connectivity index (χ3v) is 1.78. The van der Waals surface area contributed by atoms with E-state index < -0.39 is 11.5 Å². The van der Waals surface area contributed by atoms with Crippen LogP contribution in [0.25, 0.3) is 0 Å². The Balaban J connectivity index is 0. The van der Waals surface area contributed by atoms with E-state index in [1.54, 1.807) is 0 Å². The van der Waals surface area contributed by atoms with Crippen LogP contribution in [0.15, 0.2) is 12.7 Å². The van der Waals surface area contributed by atoms with Crippen LogP contribution in [0.3, 0.4) is 0 Å². The van der Waals surface area contributed by atoms with Crippen LogP contribution in [0.1, 0.15) is 6.42 Å². The molecule has 0 bridgehead atoms. The molecule has 0 aromatic carbocycles. The SMILES string of the molecule is C=CCC(N)(CS)C(=O)O.S. The summed E-state index contributed by atoms with van der Waals surface area (Å²) in [7, 11) is 0. The molecule has 0 heterocycles. The van der Waals surface area contributed by atoms with E-state index in [0.29, 0.717) is 0 Å². The third kappa shape index (κ3) is 3.69. The second-order valence-electron chi connectivity index (χ2n) is 2.11. The molecule has 1 atom stereocenters. The number of nitrogens with two attached hydrogens (primary N) is 1. The molecule has 1 unspecified atom stereocenters. The molecule has 0 aliphatic carbocycles. The van der Waals surface area contributed by atoms with E-state index in [1.165, 1.54) is 6.08 Å². The molecule has 0 saturated heterocycles. The molecule has 0 amide bonds. The predicted molar refractivity (Wildman–Crippen MR) is 53.6 cm³/mol. The average Bonchev–Trinajstić information content (AvgIpc) is 1.88. The van der Waals surface area contributed by atoms with Crippen molar-refractivity contribution in [2.75, 3.05) is 5.75 Å². The third-order valence-electron chi connectivity index (χ3n) is 1.22. The summed E-state index contributed by atoms with van der Waals surface area (Å²) in [5.41, 5.74) is 4.16. The van der Waals surface area contributed by atoms with Crippen LogP contribution in [0.5, 0.6) is 0 Å². The van der Waals surface area contributed by atoms with Crippen molar-refractivity contribution >= 4 is 32.1 Å². The van der Waals surface area contributed by atoms with Gasteiger partial charge in [0.15, 0.2) is 0 Å². The maximum Gasteiger partial charge on any atom is 0.324 e. The topological polar surface area (TPSA) is 63.3 Å². The molecule has 0 spiro atoms. The minimum Gasteiger partial charge on any atom is -0.480 e. The molecule has 0 fully saturated rings. The Kier molecular flexibility index (Phi) is 6.74. The number of thiol groups is 1. The minimum absolute atomic E-state index is 0. The highest BCUT2D eigenvalue weighted by atomic mass is 32.1. The van der Waals surface area contributed by atoms with Crippen LogP contribution in [0.4, 0.5) is 0 Å². The predicted octanol–water partition coefficient (Wildman–Crippen LogP) is 0.387. The molecular weight excluding hydrogens is 182 g/mol. The van der Waals surface area contributed by atoms with Gasteiger partial charge in [-0.05, 0) is 6.42 Å². The lowest BCUT2D eigenvalue weighted by atomic mass is 10.00. The van der Waals surface area contributed by atoms with Crippen molar-refractivity contribution in [1.29, 1.82) is 0 Å². The lowest BCUT2D eigenvalue weighted by Gasteiger charge is -2.19. The van der Waals surface area contributed by atoms with Crippen LogP contribution in [0, 0.1) is 0 Å². The molecule has 5 heteroatoms. The minimum atomic E-state index is -1.25. The number of hydrogen-bond acceptors (Lipinski definition) is 3. The maximum atomic E-state index is 10.4. The second-order valence-corrected chi connectivity index (χ2v) is 2.43. The van der Waals surface area contributed by atoms with Crippen LogP contribution in [0.2, 0.25) is 0 Å². The van der Waals surface area contributed by atoms with Crippen molar-refractivity contribution in [3.8, 4) is 0 Å². The van der Waals surface area contributed by atoms with Gasteiger partial charge in [-0.2, -0.15) is 26.1 Å². The first-order valence-electron chi connectivity index (χ1n) is 2.81. The standard InChI is InChI=1S/C6H11NO2S.H2S/c1-2-3-6(7,4-10)5(8)9;/h2,10H,1,3-4,7H2,(H,8,9);1H2. The van der Waals surface area contributed by atoms with E-state index in [1.807, 2.05) is 0 Å². The van der Waals surface area contributed by atoms with Gasteiger partial charge in [0.1, 0.15) is 5.54 Å². The highest BCUT2D eigenvalue weighted by Crippen LogP contribution is 2.09. The molecule has 0 aromatic rings. The molecule has 0 aromatic heterocycles. The van der Waals surface area contributed by atoms with Gasteiger partial charge in [0.05, 0.1) is 0 Å². The molecule has 0 aliphatic rings. The van der Waals surface area contributed by atoms with Crippen LogP contribution in [-0.2, 0) is 4.79 Å². The van der Waals surface area contributed by atoms with Crippen molar-refractivity contribution in [3.63, 3.8) is 0 Å². The van der Waals surface area contributed by atoms with Gasteiger partial charge < -0.3 is 10.8 Å². The molecule has 0 radical (unpaired) electrons. The summed E-state index contributed by atoms with van der Waals surface area (Å²) in [5.74, 6) is -0.920. The van der Waals surface area contributed by atoms with E-state index >= 15 is 0 Å². The van der Waals surface area contributed by atoms with E-state index in [-0.39, 0.29) is 25.7 Å². The van der Waals surface area contributed by atoms with E-state index in [2.05, 4.69) is 19.2 Å². The van der Waals surface area contributed by atoms with Crippen molar-refractivity contribution in [3.05, 3.63) is 12.7 Å². The molecule has 0 aliphatic heterocycles. The zero-order chi connectivity index (χ0) is 8.20. The fraction of sp³-hybridized carbons (Fsp3) is 0.500. The van der Waals surface area contributed by atoms with Crippen molar-refractivity contribution in [1.82, 2.24) is 0 Å². The zero-order valence-corrected chi connectivity index (χ0v) is 7.97. The summed E-state index contributed by atoms with van der Waals surface area (Å²) < 4.78 is 0. The Morgan fingerprint density at radius 2 is 2.27 bits per heavy atom. The van der Waals surface area contributed by atoms with Gasteiger partial charge in [0.25, 0.3) is 0 Å². The molecule has 3 nitrogen and oxygen atoms in total. The molecule has 66 valence electrons. The number of carboxylic acids is 1. The van der Waals surface area contributed by atoms with Crippen LogP contribution >= 0.6 is 26.1 Å². The summed E-state index contributed by atoms with van der Waals surface area (Å²) in [6.45, 7) is 3.40. The molecule has 0 saturated carbocycles. The Morgan fingerprint density at radius 1 is 1.82 bits per heavy atom. The lowest BCUT2D eigenvalue weighted by molar-refractivity contribution is -0.142. The summed E-state index contributed by atoms with van der Waals surface area (Å²) in [6, 6.07) is 0. The Labute approximate surface area is 78.5 Å². The molecular formula is C6H13NO2S2. The second kappa shape index (κ2) is 5.51. The molecule has 0 rings (SSSR count). The van der Waals surface area contributed by atoms with Gasteiger partial charge in [-0.25, -0.2) is 0 Å². The van der Waals surface area contributed by atoms with Gasteiger partial charge in [0.2, 0.25) is 0 Å². The van der Waals surface area contributed by atoms with Gasteiger partial charge in [-0.15, -0.1) is 6.58 Å². The highest BCUT2D eigenvalue weighted by molar-refractivity contribution is 7.80. The van der Waals surface area contributed by atoms with E-state index in [4.69, 9.17) is 10.8 Å². The fourth-order valence-electron chi connectivity index (χ4n) is 0.477. The monoisotopic (exact) mass is 195 g/mol. The Morgan fingerprint density at radius 3 is 2.36 bits per heavy atom. The zero-order valence-electron chi connectivity index (χ0n) is 6.08. The quantitative estimate of drug-likeness (QED) is 0.449. The van der Waals surface area contributed by atoms with Crippen molar-refractivity contribution < 1.29 is 9.90 Å². The summed E-state index contributed by atoms with van der Waals surface area (Å²) in [6.07, 6.45) is 1.72. The van der Waals surface area contributed by atoms with E-state index in [0.717, 1.165) is 0 Å². The first kappa shape index (κ1) is 13.5. The first-order valence-corrected chi connectivity index (χ1v) is 3.44. The number of carbonyl (C=O) groups is 1. The molecule has 11 heavy (non-hydrogen) atoms. The van der Waals surface area contributed by atoms with E-state index in [9.17, 15) is 4.79 Å². The summed E-state index contributed by atoms with van der Waals surface area (Å²) in [5, 5.41) is 8.54. The number of carboxylic acid groups (broad SMARTS) is 1. The first-order chi connectivity index (χ1) is 4.56. The van der Waals surface area contributed by atoms with Crippen LogP contribution in [-0.4, -0.2) is 22.4 Å². The normalized spacial score (nSPS) is 14.4. The Hall–Kier alpha value is -0.130. The number of rotatable bonds is 4. The Bertz CT molecular complexity index is 152. The maximum absolute atomic E-state index is 10.4. The van der Waals surface area contributed by atoms with Gasteiger partial charge in [-0.3, -0.25) is 4.79 Å². The average molecular weight is 195 g/mol. The van der Waals surface area contributed by atoms with Gasteiger partial charge in [-0.1, -0.05) is 6.08 Å². The largest absolute Gasteiger partial charge is 0.480 e. The molecule has 3 N–H and O–H groups in total. The number of hydrogen-bond donors (Lipinski definition) is 3. The fourth-order valence-corrected chi connectivity index (χ4v) is 0.741. The number of aliphatic carboxylic acids is 1.